The van der Waals surface area contributed by atoms with Gasteiger partial charge in [0.25, 0.3) is 10.0 Å². The summed E-state index contributed by atoms with van der Waals surface area (Å²) in [4.78, 5) is 13.6. The summed E-state index contributed by atoms with van der Waals surface area (Å²) in [5.41, 5.74) is 5.36. The van der Waals surface area contributed by atoms with Gasteiger partial charge in [0, 0.05) is 0 Å². The molecule has 1 N–H and O–H groups in total. The van der Waals surface area contributed by atoms with Gasteiger partial charge in [-0.1, -0.05) is 78.9 Å². The number of benzene rings is 4. The number of aryl methyl sites for hydroxylation is 3. The Bertz CT molecular complexity index is 1450. The van der Waals surface area contributed by atoms with Crippen LogP contribution >= 0.6 is 0 Å². The lowest BCUT2D eigenvalue weighted by Gasteiger charge is -2.27. The van der Waals surface area contributed by atoms with Crippen molar-refractivity contribution in [2.75, 3.05) is 10.8 Å². The predicted octanol–water partition coefficient (Wildman–Crippen LogP) is 5.71. The van der Waals surface area contributed by atoms with Crippen molar-refractivity contribution in [1.29, 1.82) is 0 Å². The molecule has 4 aromatic rings. The topological polar surface area (TPSA) is 66.5 Å². The molecule has 0 spiro atoms. The van der Waals surface area contributed by atoms with Crippen LogP contribution in [-0.4, -0.2) is 20.9 Å². The van der Waals surface area contributed by atoms with Crippen molar-refractivity contribution in [3.05, 3.63) is 131 Å². The molecule has 4 aromatic carbocycles. The quantitative estimate of drug-likeness (QED) is 0.338. The Morgan fingerprint density at radius 1 is 0.750 bits per heavy atom. The van der Waals surface area contributed by atoms with E-state index in [4.69, 9.17) is 0 Å². The molecule has 184 valence electrons. The Hall–Kier alpha value is -3.90. The maximum atomic E-state index is 13.7. The zero-order chi connectivity index (χ0) is 25.7. The molecule has 0 aliphatic carbocycles. The highest BCUT2D eigenvalue weighted by Crippen LogP contribution is 2.27. The summed E-state index contributed by atoms with van der Waals surface area (Å²) in [6, 6.07) is 30.8. The molecule has 0 radical (unpaired) electrons. The third-order valence-electron chi connectivity index (χ3n) is 6.33. The summed E-state index contributed by atoms with van der Waals surface area (Å²) in [5.74, 6) is -0.398. The normalized spacial score (nSPS) is 12.1. The Balaban J connectivity index is 1.71. The summed E-state index contributed by atoms with van der Waals surface area (Å²) in [5, 5.41) is 3.10. The first kappa shape index (κ1) is 25.2. The average molecular weight is 499 g/mol. The lowest BCUT2D eigenvalue weighted by molar-refractivity contribution is -0.120. The van der Waals surface area contributed by atoms with Gasteiger partial charge in [0.2, 0.25) is 5.91 Å². The van der Waals surface area contributed by atoms with Crippen molar-refractivity contribution >= 4 is 21.6 Å². The molecule has 0 heterocycles. The maximum absolute atomic E-state index is 13.7. The van der Waals surface area contributed by atoms with Crippen LogP contribution in [0.25, 0.3) is 0 Å². The number of sulfonamides is 1. The van der Waals surface area contributed by atoms with Gasteiger partial charge in [-0.15, -0.1) is 0 Å². The number of rotatable bonds is 8. The predicted molar refractivity (Wildman–Crippen MR) is 144 cm³/mol. The van der Waals surface area contributed by atoms with E-state index < -0.39 is 22.0 Å². The van der Waals surface area contributed by atoms with E-state index in [1.165, 1.54) is 4.31 Å². The van der Waals surface area contributed by atoms with E-state index in [-0.39, 0.29) is 11.4 Å². The van der Waals surface area contributed by atoms with Crippen LogP contribution < -0.4 is 9.62 Å². The van der Waals surface area contributed by atoms with Gasteiger partial charge < -0.3 is 5.32 Å². The molecule has 0 fully saturated rings. The minimum Gasteiger partial charge on any atom is -0.344 e. The number of amides is 1. The number of carbonyl (C=O) groups is 1. The minimum absolute atomic E-state index is 0.134. The van der Waals surface area contributed by atoms with Crippen molar-refractivity contribution in [3.8, 4) is 0 Å². The van der Waals surface area contributed by atoms with Gasteiger partial charge >= 0.3 is 0 Å². The van der Waals surface area contributed by atoms with E-state index in [1.807, 2.05) is 81.4 Å². The van der Waals surface area contributed by atoms with Gasteiger partial charge in [-0.3, -0.25) is 9.10 Å². The SMILES string of the molecule is Cc1ccc(N(CC(=O)NC(c2ccccc2)c2ccccc2C)S(=O)(=O)c2ccccc2)cc1C. The number of anilines is 1. The van der Waals surface area contributed by atoms with E-state index in [1.54, 1.807) is 42.5 Å². The van der Waals surface area contributed by atoms with Crippen LogP contribution in [0.5, 0.6) is 0 Å². The summed E-state index contributed by atoms with van der Waals surface area (Å²) in [6.07, 6.45) is 0. The van der Waals surface area contributed by atoms with Gasteiger partial charge in [-0.25, -0.2) is 8.42 Å². The lowest BCUT2D eigenvalue weighted by atomic mass is 9.95. The second-order valence-electron chi connectivity index (χ2n) is 8.86. The van der Waals surface area contributed by atoms with E-state index in [0.717, 1.165) is 27.8 Å². The summed E-state index contributed by atoms with van der Waals surface area (Å²) in [7, 11) is -3.98. The van der Waals surface area contributed by atoms with Crippen LogP contribution in [-0.2, 0) is 14.8 Å². The van der Waals surface area contributed by atoms with Crippen LogP contribution in [0.15, 0.2) is 108 Å². The van der Waals surface area contributed by atoms with Crippen molar-refractivity contribution in [3.63, 3.8) is 0 Å². The average Bonchev–Trinajstić information content (AvgIpc) is 2.89. The smallest absolute Gasteiger partial charge is 0.264 e. The number of nitrogens with zero attached hydrogens (tertiary/aromatic N) is 1. The molecule has 0 saturated carbocycles. The first-order chi connectivity index (χ1) is 17.3. The van der Waals surface area contributed by atoms with Gasteiger partial charge in [0.1, 0.15) is 6.54 Å². The molecule has 0 saturated heterocycles. The molecular formula is C30H30N2O3S. The molecule has 0 aromatic heterocycles. The first-order valence-corrected chi connectivity index (χ1v) is 13.3. The van der Waals surface area contributed by atoms with Crippen molar-refractivity contribution < 1.29 is 13.2 Å². The number of carbonyl (C=O) groups excluding carboxylic acids is 1. The molecular weight excluding hydrogens is 468 g/mol. The highest BCUT2D eigenvalue weighted by molar-refractivity contribution is 7.92. The number of hydrogen-bond donors (Lipinski definition) is 1. The van der Waals surface area contributed by atoms with Gasteiger partial charge in [-0.05, 0) is 72.9 Å². The second-order valence-corrected chi connectivity index (χ2v) is 10.7. The largest absolute Gasteiger partial charge is 0.344 e. The van der Waals surface area contributed by atoms with E-state index in [0.29, 0.717) is 5.69 Å². The molecule has 1 unspecified atom stereocenters. The number of hydrogen-bond acceptors (Lipinski definition) is 3. The minimum atomic E-state index is -3.98. The Labute approximate surface area is 213 Å². The van der Waals surface area contributed by atoms with Crippen LogP contribution in [0, 0.1) is 20.8 Å². The van der Waals surface area contributed by atoms with Crippen molar-refractivity contribution in [1.82, 2.24) is 5.32 Å². The molecule has 1 atom stereocenters. The van der Waals surface area contributed by atoms with Crippen LogP contribution in [0.4, 0.5) is 5.69 Å². The summed E-state index contributed by atoms with van der Waals surface area (Å²) < 4.78 is 28.6. The Morgan fingerprint density at radius 3 is 2.00 bits per heavy atom. The standard InChI is InChI=1S/C30H30N2O3S/c1-22-18-19-26(20-24(22)3)32(36(34,35)27-15-8-5-9-16-27)21-29(33)31-30(25-13-6-4-7-14-25)28-17-11-10-12-23(28)2/h4-20,30H,21H2,1-3H3,(H,31,33). The third-order valence-corrected chi connectivity index (χ3v) is 8.12. The molecule has 0 aliphatic rings. The van der Waals surface area contributed by atoms with E-state index in [2.05, 4.69) is 5.32 Å². The first-order valence-electron chi connectivity index (χ1n) is 11.8. The summed E-state index contributed by atoms with van der Waals surface area (Å²) >= 11 is 0. The van der Waals surface area contributed by atoms with Crippen molar-refractivity contribution in [2.24, 2.45) is 0 Å². The second kappa shape index (κ2) is 10.8. The lowest BCUT2D eigenvalue weighted by Crippen LogP contribution is -2.42. The fraction of sp³-hybridized carbons (Fsp3) is 0.167. The zero-order valence-corrected chi connectivity index (χ0v) is 21.5. The fourth-order valence-corrected chi connectivity index (χ4v) is 5.58. The number of nitrogens with one attached hydrogen (secondary N) is 1. The molecule has 0 bridgehead atoms. The summed E-state index contributed by atoms with van der Waals surface area (Å²) in [6.45, 7) is 5.54. The Morgan fingerprint density at radius 2 is 1.36 bits per heavy atom. The Kier molecular flexibility index (Phi) is 7.55. The molecule has 5 nitrogen and oxygen atoms in total. The molecule has 36 heavy (non-hydrogen) atoms. The van der Waals surface area contributed by atoms with Crippen molar-refractivity contribution in [2.45, 2.75) is 31.7 Å². The molecule has 6 heteroatoms. The zero-order valence-electron chi connectivity index (χ0n) is 20.7. The molecule has 1 amide bonds. The monoisotopic (exact) mass is 498 g/mol. The van der Waals surface area contributed by atoms with Crippen LogP contribution in [0.1, 0.15) is 33.9 Å². The van der Waals surface area contributed by atoms with E-state index in [9.17, 15) is 13.2 Å². The van der Waals surface area contributed by atoms with Gasteiger partial charge in [0.05, 0.1) is 16.6 Å². The van der Waals surface area contributed by atoms with E-state index >= 15 is 0 Å². The van der Waals surface area contributed by atoms with Gasteiger partial charge in [0.15, 0.2) is 0 Å². The fourth-order valence-electron chi connectivity index (χ4n) is 4.15. The third kappa shape index (κ3) is 5.50. The maximum Gasteiger partial charge on any atom is 0.264 e. The highest BCUT2D eigenvalue weighted by atomic mass is 32.2. The van der Waals surface area contributed by atoms with Crippen LogP contribution in [0.3, 0.4) is 0 Å². The van der Waals surface area contributed by atoms with Gasteiger partial charge in [-0.2, -0.15) is 0 Å². The highest BCUT2D eigenvalue weighted by Gasteiger charge is 2.29. The molecule has 4 rings (SSSR count). The molecule has 0 aliphatic heterocycles. The van der Waals surface area contributed by atoms with Crippen LogP contribution in [0.2, 0.25) is 0 Å².